The first-order valence-corrected chi connectivity index (χ1v) is 8.94. The molecule has 0 saturated carbocycles. The number of hydrogen-bond donors (Lipinski definition) is 1. The van der Waals surface area contributed by atoms with Gasteiger partial charge >= 0.3 is 0 Å². The zero-order chi connectivity index (χ0) is 15.3. The molecule has 1 aromatic rings. The lowest BCUT2D eigenvalue weighted by atomic mass is 10.1. The summed E-state index contributed by atoms with van der Waals surface area (Å²) in [4.78, 5) is 0. The third kappa shape index (κ3) is 8.92. The van der Waals surface area contributed by atoms with Gasteiger partial charge in [0.25, 0.3) is 0 Å². The Bertz CT molecular complexity index is 357. The second-order valence-electron chi connectivity index (χ2n) is 6.27. The van der Waals surface area contributed by atoms with E-state index >= 15 is 0 Å². The third-order valence-electron chi connectivity index (χ3n) is 4.14. The highest BCUT2D eigenvalue weighted by atomic mass is 15.2. The van der Waals surface area contributed by atoms with Gasteiger partial charge in [-0.2, -0.15) is 5.10 Å². The standard InChI is InChI=1S/C18H35N3/c1-4-5-6-7-8-9-10-11-12-13-14-19-15-18-16-21(3)20-17(18)2/h16,19H,4-15H2,1-3H3. The van der Waals surface area contributed by atoms with Gasteiger partial charge in [-0.1, -0.05) is 64.7 Å². The Morgan fingerprint density at radius 3 is 2.05 bits per heavy atom. The van der Waals surface area contributed by atoms with Crippen LogP contribution in [-0.4, -0.2) is 16.3 Å². The molecule has 1 heterocycles. The van der Waals surface area contributed by atoms with Crippen molar-refractivity contribution >= 4 is 0 Å². The van der Waals surface area contributed by atoms with Crippen molar-refractivity contribution in [3.8, 4) is 0 Å². The maximum Gasteiger partial charge on any atom is 0.0638 e. The van der Waals surface area contributed by atoms with Crippen molar-refractivity contribution in [2.75, 3.05) is 6.54 Å². The molecular formula is C18H35N3. The minimum absolute atomic E-state index is 0.955. The van der Waals surface area contributed by atoms with Crippen LogP contribution in [0.1, 0.15) is 82.4 Å². The van der Waals surface area contributed by atoms with Crippen LogP contribution in [0.3, 0.4) is 0 Å². The summed E-state index contributed by atoms with van der Waals surface area (Å²) in [6.07, 6.45) is 16.1. The number of rotatable bonds is 13. The molecule has 122 valence electrons. The predicted molar refractivity (Wildman–Crippen MR) is 91.5 cm³/mol. The highest BCUT2D eigenvalue weighted by Gasteiger charge is 2.01. The monoisotopic (exact) mass is 293 g/mol. The summed E-state index contributed by atoms with van der Waals surface area (Å²) < 4.78 is 1.90. The summed E-state index contributed by atoms with van der Waals surface area (Å²) >= 11 is 0. The van der Waals surface area contributed by atoms with E-state index in [1.165, 1.54) is 69.8 Å². The summed E-state index contributed by atoms with van der Waals surface area (Å²) in [6, 6.07) is 0. The molecular weight excluding hydrogens is 258 g/mol. The van der Waals surface area contributed by atoms with E-state index in [0.717, 1.165) is 18.8 Å². The lowest BCUT2D eigenvalue weighted by Gasteiger charge is -2.04. The topological polar surface area (TPSA) is 29.9 Å². The summed E-state index contributed by atoms with van der Waals surface area (Å²) in [6.45, 7) is 6.45. The fourth-order valence-corrected chi connectivity index (χ4v) is 2.78. The molecule has 0 bridgehead atoms. The summed E-state index contributed by atoms with van der Waals surface area (Å²) in [5, 5.41) is 7.89. The van der Waals surface area contributed by atoms with E-state index < -0.39 is 0 Å². The third-order valence-corrected chi connectivity index (χ3v) is 4.14. The molecule has 0 radical (unpaired) electrons. The van der Waals surface area contributed by atoms with Crippen LogP contribution in [0.2, 0.25) is 0 Å². The molecule has 21 heavy (non-hydrogen) atoms. The van der Waals surface area contributed by atoms with E-state index in [9.17, 15) is 0 Å². The van der Waals surface area contributed by atoms with Gasteiger partial charge < -0.3 is 5.32 Å². The Kier molecular flexibility index (Phi) is 10.2. The van der Waals surface area contributed by atoms with E-state index in [4.69, 9.17) is 0 Å². The number of aromatic nitrogens is 2. The first-order chi connectivity index (χ1) is 10.2. The minimum atomic E-state index is 0.955. The van der Waals surface area contributed by atoms with E-state index in [1.54, 1.807) is 0 Å². The maximum atomic E-state index is 4.36. The van der Waals surface area contributed by atoms with Crippen LogP contribution in [0, 0.1) is 6.92 Å². The number of nitrogens with zero attached hydrogens (tertiary/aromatic N) is 2. The van der Waals surface area contributed by atoms with Crippen molar-refractivity contribution in [3.63, 3.8) is 0 Å². The highest BCUT2D eigenvalue weighted by Crippen LogP contribution is 2.10. The molecule has 0 aromatic carbocycles. The normalized spacial score (nSPS) is 11.2. The van der Waals surface area contributed by atoms with Gasteiger partial charge in [-0.25, -0.2) is 0 Å². The molecule has 1 N–H and O–H groups in total. The van der Waals surface area contributed by atoms with Crippen molar-refractivity contribution in [2.24, 2.45) is 7.05 Å². The van der Waals surface area contributed by atoms with Crippen molar-refractivity contribution in [2.45, 2.75) is 84.6 Å². The van der Waals surface area contributed by atoms with Gasteiger partial charge in [-0.15, -0.1) is 0 Å². The highest BCUT2D eigenvalue weighted by molar-refractivity contribution is 5.14. The van der Waals surface area contributed by atoms with Crippen LogP contribution in [0.15, 0.2) is 6.20 Å². The van der Waals surface area contributed by atoms with Gasteiger partial charge in [0.2, 0.25) is 0 Å². The van der Waals surface area contributed by atoms with Gasteiger partial charge in [0.1, 0.15) is 0 Å². The first kappa shape index (κ1) is 18.2. The van der Waals surface area contributed by atoms with Crippen LogP contribution in [-0.2, 0) is 13.6 Å². The molecule has 0 saturated heterocycles. The van der Waals surface area contributed by atoms with Crippen molar-refractivity contribution < 1.29 is 0 Å². The molecule has 0 aliphatic rings. The van der Waals surface area contributed by atoms with Crippen LogP contribution in [0.25, 0.3) is 0 Å². The van der Waals surface area contributed by atoms with E-state index in [0.29, 0.717) is 0 Å². The number of hydrogen-bond acceptors (Lipinski definition) is 2. The molecule has 3 nitrogen and oxygen atoms in total. The largest absolute Gasteiger partial charge is 0.313 e. The molecule has 1 rings (SSSR count). The summed E-state index contributed by atoms with van der Waals surface area (Å²) in [5.74, 6) is 0. The van der Waals surface area contributed by atoms with E-state index in [2.05, 4.69) is 30.5 Å². The summed E-state index contributed by atoms with van der Waals surface area (Å²) in [5.41, 5.74) is 2.47. The smallest absolute Gasteiger partial charge is 0.0638 e. The van der Waals surface area contributed by atoms with Gasteiger partial charge in [-0.05, 0) is 19.9 Å². The SMILES string of the molecule is CCCCCCCCCCCCNCc1cn(C)nc1C. The molecule has 0 amide bonds. The van der Waals surface area contributed by atoms with Crippen molar-refractivity contribution in [1.29, 1.82) is 0 Å². The Labute approximate surface area is 131 Å². The van der Waals surface area contributed by atoms with Crippen LogP contribution in [0.4, 0.5) is 0 Å². The lowest BCUT2D eigenvalue weighted by Crippen LogP contribution is -2.14. The molecule has 0 atom stereocenters. The minimum Gasteiger partial charge on any atom is -0.313 e. The number of nitrogens with one attached hydrogen (secondary N) is 1. The molecule has 0 aliphatic heterocycles. The van der Waals surface area contributed by atoms with Crippen LogP contribution in [0.5, 0.6) is 0 Å². The van der Waals surface area contributed by atoms with Gasteiger partial charge in [-0.3, -0.25) is 4.68 Å². The molecule has 0 fully saturated rings. The van der Waals surface area contributed by atoms with Gasteiger partial charge in [0.05, 0.1) is 5.69 Å². The van der Waals surface area contributed by atoms with Crippen LogP contribution >= 0.6 is 0 Å². The Morgan fingerprint density at radius 2 is 1.52 bits per heavy atom. The molecule has 1 aromatic heterocycles. The van der Waals surface area contributed by atoms with Crippen LogP contribution < -0.4 is 5.32 Å². The average molecular weight is 293 g/mol. The van der Waals surface area contributed by atoms with Gasteiger partial charge in [0.15, 0.2) is 0 Å². The van der Waals surface area contributed by atoms with Crippen molar-refractivity contribution in [1.82, 2.24) is 15.1 Å². The van der Waals surface area contributed by atoms with E-state index in [1.807, 2.05) is 11.7 Å². The molecule has 0 unspecified atom stereocenters. The fraction of sp³-hybridized carbons (Fsp3) is 0.833. The molecule has 0 aliphatic carbocycles. The Morgan fingerprint density at radius 1 is 0.952 bits per heavy atom. The summed E-state index contributed by atoms with van der Waals surface area (Å²) in [7, 11) is 1.98. The molecule has 3 heteroatoms. The zero-order valence-corrected chi connectivity index (χ0v) is 14.5. The van der Waals surface area contributed by atoms with E-state index in [-0.39, 0.29) is 0 Å². The Balaban J connectivity index is 1.84. The predicted octanol–water partition coefficient (Wildman–Crippen LogP) is 4.74. The second kappa shape index (κ2) is 11.8. The quantitative estimate of drug-likeness (QED) is 0.532. The zero-order valence-electron chi connectivity index (χ0n) is 14.5. The maximum absolute atomic E-state index is 4.36. The first-order valence-electron chi connectivity index (χ1n) is 8.94. The van der Waals surface area contributed by atoms with Crippen molar-refractivity contribution in [3.05, 3.63) is 17.5 Å². The number of unbranched alkanes of at least 4 members (excludes halogenated alkanes) is 9. The van der Waals surface area contributed by atoms with Gasteiger partial charge in [0, 0.05) is 25.4 Å². The average Bonchev–Trinajstić information content (AvgIpc) is 2.78. The molecule has 0 spiro atoms. The lowest BCUT2D eigenvalue weighted by molar-refractivity contribution is 0.543. The fourth-order valence-electron chi connectivity index (χ4n) is 2.78. The number of aryl methyl sites for hydroxylation is 2. The second-order valence-corrected chi connectivity index (χ2v) is 6.27. The Hall–Kier alpha value is -0.830.